The third-order valence-electron chi connectivity index (χ3n) is 6.59. The molecule has 10 nitrogen and oxygen atoms in total. The van der Waals surface area contributed by atoms with Crippen molar-refractivity contribution in [1.29, 1.82) is 0 Å². The lowest BCUT2D eigenvalue weighted by Gasteiger charge is -2.16. The molecule has 10 heteroatoms. The SMILES string of the molecule is [C-]#[N+]c1cccc(CNC(=O)c2cc(C(=O)N[C@H]3CCc4c3ccc(C(C)=O)c4C)n3ncnc3n2)c1. The van der Waals surface area contributed by atoms with Gasteiger partial charge < -0.3 is 10.6 Å². The number of ketones is 1. The van der Waals surface area contributed by atoms with Crippen molar-refractivity contribution in [3.8, 4) is 0 Å². The van der Waals surface area contributed by atoms with E-state index in [4.69, 9.17) is 6.57 Å². The molecule has 1 atom stereocenters. The molecule has 1 aliphatic rings. The molecule has 2 amide bonds. The van der Waals surface area contributed by atoms with Crippen molar-refractivity contribution >= 4 is 29.1 Å². The molecule has 1 aliphatic carbocycles. The highest BCUT2D eigenvalue weighted by Gasteiger charge is 2.28. The lowest BCUT2D eigenvalue weighted by molar-refractivity contribution is 0.0927. The van der Waals surface area contributed by atoms with Crippen LogP contribution in [0.4, 0.5) is 5.69 Å². The topological polar surface area (TPSA) is 123 Å². The minimum absolute atomic E-state index is 0.0167. The van der Waals surface area contributed by atoms with Crippen molar-refractivity contribution in [3.63, 3.8) is 0 Å². The molecule has 0 spiro atoms. The van der Waals surface area contributed by atoms with Gasteiger partial charge in [-0.2, -0.15) is 14.6 Å². The zero-order valence-electron chi connectivity index (χ0n) is 20.3. The maximum atomic E-state index is 13.4. The average Bonchev–Trinajstić information content (AvgIpc) is 3.54. The van der Waals surface area contributed by atoms with Crippen molar-refractivity contribution in [2.45, 2.75) is 39.3 Å². The first-order valence-corrected chi connectivity index (χ1v) is 11.7. The van der Waals surface area contributed by atoms with Crippen LogP contribution in [0.1, 0.15) is 73.0 Å². The molecule has 0 fully saturated rings. The molecule has 5 rings (SSSR count). The molecule has 2 aromatic heterocycles. The molecule has 2 heterocycles. The fraction of sp³-hybridized carbons (Fsp3) is 0.222. The summed E-state index contributed by atoms with van der Waals surface area (Å²) in [6, 6.07) is 11.8. The lowest BCUT2D eigenvalue weighted by Crippen LogP contribution is -2.30. The van der Waals surface area contributed by atoms with E-state index < -0.39 is 11.8 Å². The summed E-state index contributed by atoms with van der Waals surface area (Å²) in [4.78, 5) is 49.9. The Balaban J connectivity index is 1.38. The number of amides is 2. The normalized spacial score (nSPS) is 14.1. The Kier molecular flexibility index (Phi) is 6.19. The number of Topliss-reactive ketones (excluding diaryl/α,β-unsaturated/α-hetero) is 1. The maximum absolute atomic E-state index is 13.4. The predicted octanol–water partition coefficient (Wildman–Crippen LogP) is 3.53. The number of hydrogen-bond donors (Lipinski definition) is 2. The molecule has 0 bridgehead atoms. The second kappa shape index (κ2) is 9.62. The summed E-state index contributed by atoms with van der Waals surface area (Å²) in [5.74, 6) is -0.751. The van der Waals surface area contributed by atoms with Crippen LogP contribution in [-0.2, 0) is 13.0 Å². The summed E-state index contributed by atoms with van der Waals surface area (Å²) in [5.41, 5.74) is 5.13. The molecule has 2 aromatic carbocycles. The van der Waals surface area contributed by atoms with E-state index in [9.17, 15) is 14.4 Å². The summed E-state index contributed by atoms with van der Waals surface area (Å²) in [6.45, 7) is 10.8. The van der Waals surface area contributed by atoms with Crippen LogP contribution in [0.5, 0.6) is 0 Å². The quantitative estimate of drug-likeness (QED) is 0.313. The zero-order valence-corrected chi connectivity index (χ0v) is 20.3. The number of carbonyl (C=O) groups is 3. The Hall–Kier alpha value is -4.91. The number of fused-ring (bicyclic) bond motifs is 2. The van der Waals surface area contributed by atoms with Crippen LogP contribution in [0.25, 0.3) is 10.6 Å². The predicted molar refractivity (Wildman–Crippen MR) is 134 cm³/mol. The third kappa shape index (κ3) is 4.54. The van der Waals surface area contributed by atoms with E-state index in [0.717, 1.165) is 28.7 Å². The Labute approximate surface area is 212 Å². The number of rotatable bonds is 6. The molecular formula is C27H23N7O3. The van der Waals surface area contributed by atoms with Gasteiger partial charge in [0.15, 0.2) is 11.5 Å². The monoisotopic (exact) mass is 493 g/mol. The number of hydrogen-bond acceptors (Lipinski definition) is 6. The van der Waals surface area contributed by atoms with E-state index >= 15 is 0 Å². The molecule has 4 aromatic rings. The maximum Gasteiger partial charge on any atom is 0.270 e. The van der Waals surface area contributed by atoms with E-state index in [2.05, 4.69) is 30.5 Å². The van der Waals surface area contributed by atoms with Gasteiger partial charge in [0.25, 0.3) is 17.6 Å². The number of nitrogens with zero attached hydrogens (tertiary/aromatic N) is 5. The van der Waals surface area contributed by atoms with Crippen LogP contribution in [0.2, 0.25) is 0 Å². The van der Waals surface area contributed by atoms with E-state index in [1.54, 1.807) is 31.2 Å². The van der Waals surface area contributed by atoms with Crippen LogP contribution >= 0.6 is 0 Å². The first-order valence-electron chi connectivity index (χ1n) is 11.7. The molecule has 0 aliphatic heterocycles. The highest BCUT2D eigenvalue weighted by molar-refractivity contribution is 5.98. The first-order chi connectivity index (χ1) is 17.9. The molecule has 184 valence electrons. The molecule has 37 heavy (non-hydrogen) atoms. The van der Waals surface area contributed by atoms with Crippen molar-refractivity contribution < 1.29 is 14.4 Å². The van der Waals surface area contributed by atoms with Gasteiger partial charge in [-0.05, 0) is 48.9 Å². The van der Waals surface area contributed by atoms with Crippen LogP contribution in [-0.4, -0.2) is 37.2 Å². The van der Waals surface area contributed by atoms with Crippen LogP contribution < -0.4 is 10.6 Å². The highest BCUT2D eigenvalue weighted by atomic mass is 16.2. The van der Waals surface area contributed by atoms with Crippen molar-refractivity contribution in [1.82, 2.24) is 30.2 Å². The lowest BCUT2D eigenvalue weighted by atomic mass is 9.96. The van der Waals surface area contributed by atoms with E-state index in [-0.39, 0.29) is 35.5 Å². The first kappa shape index (κ1) is 23.8. The molecular weight excluding hydrogens is 470 g/mol. The van der Waals surface area contributed by atoms with Gasteiger partial charge in [0, 0.05) is 18.2 Å². The molecule has 0 unspecified atom stereocenters. The Bertz CT molecular complexity index is 1620. The average molecular weight is 494 g/mol. The largest absolute Gasteiger partial charge is 0.347 e. The van der Waals surface area contributed by atoms with Crippen LogP contribution in [0.3, 0.4) is 0 Å². The van der Waals surface area contributed by atoms with E-state index in [0.29, 0.717) is 17.7 Å². The fourth-order valence-corrected chi connectivity index (χ4v) is 4.74. The smallest absolute Gasteiger partial charge is 0.270 e. The van der Waals surface area contributed by atoms with Gasteiger partial charge in [-0.15, -0.1) is 0 Å². The van der Waals surface area contributed by atoms with Crippen molar-refractivity contribution in [3.05, 3.63) is 99.4 Å². The van der Waals surface area contributed by atoms with Crippen molar-refractivity contribution in [2.24, 2.45) is 0 Å². The van der Waals surface area contributed by atoms with E-state index in [1.807, 2.05) is 19.1 Å². The molecule has 2 N–H and O–H groups in total. The van der Waals surface area contributed by atoms with Gasteiger partial charge in [0.05, 0.1) is 12.6 Å². The number of benzene rings is 2. The van der Waals surface area contributed by atoms with Gasteiger partial charge in [-0.3, -0.25) is 14.4 Å². The zero-order chi connectivity index (χ0) is 26.1. The fourth-order valence-electron chi connectivity index (χ4n) is 4.74. The molecule has 0 radical (unpaired) electrons. The number of carbonyl (C=O) groups excluding carboxylic acids is 3. The summed E-state index contributed by atoms with van der Waals surface area (Å²) in [7, 11) is 0. The molecule has 0 saturated carbocycles. The standard InChI is InChI=1S/C27H23N7O3/c1-15-19(16(2)35)7-8-21-20(15)9-10-22(21)32-26(37)24-12-23(33-27-30-14-31-34(24)27)25(36)29-13-17-5-4-6-18(11-17)28-3/h4-8,11-12,14,22H,9-10,13H2,1-2H3,(H,29,36)(H,32,37)/t22-/m0/s1. The van der Waals surface area contributed by atoms with E-state index in [1.165, 1.54) is 16.9 Å². The Morgan fingerprint density at radius 2 is 2.00 bits per heavy atom. The Morgan fingerprint density at radius 1 is 1.16 bits per heavy atom. The summed E-state index contributed by atoms with van der Waals surface area (Å²) >= 11 is 0. The Morgan fingerprint density at radius 3 is 2.78 bits per heavy atom. The van der Waals surface area contributed by atoms with Crippen LogP contribution in [0.15, 0.2) is 48.8 Å². The summed E-state index contributed by atoms with van der Waals surface area (Å²) in [6.07, 6.45) is 2.73. The van der Waals surface area contributed by atoms with Gasteiger partial charge in [0.1, 0.15) is 17.7 Å². The minimum atomic E-state index is -0.480. The van der Waals surface area contributed by atoms with Crippen LogP contribution in [0, 0.1) is 13.5 Å². The number of aromatic nitrogens is 4. The number of nitrogens with one attached hydrogen (secondary N) is 2. The van der Waals surface area contributed by atoms with Gasteiger partial charge in [-0.1, -0.05) is 36.4 Å². The highest BCUT2D eigenvalue weighted by Crippen LogP contribution is 2.35. The second-order valence-electron chi connectivity index (χ2n) is 8.89. The molecule has 0 saturated heterocycles. The van der Waals surface area contributed by atoms with Crippen molar-refractivity contribution in [2.75, 3.05) is 0 Å². The minimum Gasteiger partial charge on any atom is -0.347 e. The van der Waals surface area contributed by atoms with Gasteiger partial charge >= 0.3 is 0 Å². The summed E-state index contributed by atoms with van der Waals surface area (Å²) in [5, 5.41) is 9.92. The van der Waals surface area contributed by atoms with Gasteiger partial charge in [0.2, 0.25) is 0 Å². The second-order valence-corrected chi connectivity index (χ2v) is 8.89. The van der Waals surface area contributed by atoms with Gasteiger partial charge in [-0.25, -0.2) is 9.83 Å². The summed E-state index contributed by atoms with van der Waals surface area (Å²) < 4.78 is 1.30. The third-order valence-corrected chi connectivity index (χ3v) is 6.59.